The van der Waals surface area contributed by atoms with Gasteiger partial charge in [-0.25, -0.2) is 15.0 Å². The van der Waals surface area contributed by atoms with Crippen LogP contribution in [0.15, 0.2) is 42.3 Å². The van der Waals surface area contributed by atoms with Crippen LogP contribution in [0.1, 0.15) is 29.4 Å². The summed E-state index contributed by atoms with van der Waals surface area (Å²) in [5.41, 5.74) is 0.462. The van der Waals surface area contributed by atoms with E-state index in [1.807, 2.05) is 21.8 Å². The highest BCUT2D eigenvalue weighted by atomic mass is 32.1. The molecule has 4 heterocycles. The van der Waals surface area contributed by atoms with Crippen LogP contribution < -0.4 is 0 Å². The van der Waals surface area contributed by atoms with E-state index in [1.54, 1.807) is 30.0 Å². The highest BCUT2D eigenvalue weighted by Crippen LogP contribution is 2.24. The summed E-state index contributed by atoms with van der Waals surface area (Å²) in [4.78, 5) is 27.4. The molecule has 1 atom stereocenters. The maximum Gasteiger partial charge on any atom is 0.273 e. The number of rotatable bonds is 3. The highest BCUT2D eigenvalue weighted by molar-refractivity contribution is 7.13. The number of piperidine rings is 1. The lowest BCUT2D eigenvalue weighted by Crippen LogP contribution is -2.41. The number of nitrogens with zero attached hydrogens (tertiary/aromatic N) is 6. The number of hydrogen-bond acceptors (Lipinski definition) is 6. The lowest BCUT2D eigenvalue weighted by Gasteiger charge is -2.32. The van der Waals surface area contributed by atoms with Crippen LogP contribution in [-0.4, -0.2) is 48.6 Å². The van der Waals surface area contributed by atoms with Crippen molar-refractivity contribution in [3.8, 4) is 10.8 Å². The number of carbonyl (C=O) groups excluding carboxylic acids is 1. The third kappa shape index (κ3) is 2.92. The Labute approximate surface area is 143 Å². The minimum Gasteiger partial charge on any atom is -0.335 e. The molecular weight excluding hydrogens is 324 g/mol. The zero-order chi connectivity index (χ0) is 16.4. The Balaban J connectivity index is 1.50. The molecule has 24 heavy (non-hydrogen) atoms. The van der Waals surface area contributed by atoms with Gasteiger partial charge in [0, 0.05) is 43.3 Å². The molecule has 1 aliphatic heterocycles. The minimum absolute atomic E-state index is 0.0368. The van der Waals surface area contributed by atoms with E-state index in [0.717, 1.165) is 19.4 Å². The molecule has 0 radical (unpaired) electrons. The Morgan fingerprint density at radius 2 is 2.08 bits per heavy atom. The van der Waals surface area contributed by atoms with E-state index in [4.69, 9.17) is 0 Å². The fourth-order valence-corrected chi connectivity index (χ4v) is 3.64. The molecule has 0 aliphatic carbocycles. The van der Waals surface area contributed by atoms with Gasteiger partial charge in [-0.2, -0.15) is 5.10 Å². The van der Waals surface area contributed by atoms with Crippen molar-refractivity contribution in [1.82, 2.24) is 29.6 Å². The largest absolute Gasteiger partial charge is 0.335 e. The van der Waals surface area contributed by atoms with E-state index >= 15 is 0 Å². The van der Waals surface area contributed by atoms with Crippen LogP contribution in [0.2, 0.25) is 0 Å². The molecular formula is C16H16N6OS. The summed E-state index contributed by atoms with van der Waals surface area (Å²) in [6.45, 7) is 1.42. The van der Waals surface area contributed by atoms with Crippen LogP contribution in [0.5, 0.6) is 0 Å². The molecule has 4 rings (SSSR count). The molecule has 122 valence electrons. The van der Waals surface area contributed by atoms with E-state index in [9.17, 15) is 4.79 Å². The van der Waals surface area contributed by atoms with Crippen molar-refractivity contribution in [2.45, 2.75) is 18.9 Å². The lowest BCUT2D eigenvalue weighted by atomic mass is 10.1. The third-order valence-electron chi connectivity index (χ3n) is 4.06. The first kappa shape index (κ1) is 14.9. The molecule has 0 N–H and O–H groups in total. The van der Waals surface area contributed by atoms with Crippen LogP contribution >= 0.6 is 11.3 Å². The molecule has 8 heteroatoms. The number of likely N-dealkylation sites (tertiary alicyclic amines) is 1. The Morgan fingerprint density at radius 3 is 2.88 bits per heavy atom. The van der Waals surface area contributed by atoms with Gasteiger partial charge in [0.25, 0.3) is 5.91 Å². The van der Waals surface area contributed by atoms with Gasteiger partial charge >= 0.3 is 0 Å². The second-order valence-corrected chi connectivity index (χ2v) is 6.50. The Morgan fingerprint density at radius 1 is 1.21 bits per heavy atom. The average molecular weight is 340 g/mol. The van der Waals surface area contributed by atoms with E-state index in [-0.39, 0.29) is 11.9 Å². The number of amides is 1. The van der Waals surface area contributed by atoms with Crippen molar-refractivity contribution < 1.29 is 4.79 Å². The van der Waals surface area contributed by atoms with Gasteiger partial charge in [-0.1, -0.05) is 0 Å². The predicted octanol–water partition coefficient (Wildman–Crippen LogP) is 2.27. The van der Waals surface area contributed by atoms with E-state index < -0.39 is 0 Å². The fraction of sp³-hybridized carbons (Fsp3) is 0.312. The Hall–Kier alpha value is -2.61. The van der Waals surface area contributed by atoms with Crippen LogP contribution in [0.25, 0.3) is 10.8 Å². The molecule has 1 amide bonds. The normalized spacial score (nSPS) is 17.8. The summed E-state index contributed by atoms with van der Waals surface area (Å²) in [6, 6.07) is 3.90. The van der Waals surface area contributed by atoms with E-state index in [1.165, 1.54) is 11.3 Å². The van der Waals surface area contributed by atoms with Crippen molar-refractivity contribution in [3.05, 3.63) is 48.0 Å². The highest BCUT2D eigenvalue weighted by Gasteiger charge is 2.27. The van der Waals surface area contributed by atoms with Crippen molar-refractivity contribution >= 4 is 17.2 Å². The molecule has 1 fully saturated rings. The predicted molar refractivity (Wildman–Crippen MR) is 89.5 cm³/mol. The van der Waals surface area contributed by atoms with Gasteiger partial charge in [0.15, 0.2) is 10.8 Å². The monoisotopic (exact) mass is 340 g/mol. The van der Waals surface area contributed by atoms with Crippen molar-refractivity contribution in [3.63, 3.8) is 0 Å². The summed E-state index contributed by atoms with van der Waals surface area (Å²) in [5.74, 6) is 0.514. The van der Waals surface area contributed by atoms with E-state index in [0.29, 0.717) is 23.1 Å². The van der Waals surface area contributed by atoms with Crippen LogP contribution in [0.4, 0.5) is 0 Å². The van der Waals surface area contributed by atoms with Crippen LogP contribution in [-0.2, 0) is 0 Å². The molecule has 1 saturated heterocycles. The quantitative estimate of drug-likeness (QED) is 0.731. The molecule has 0 unspecified atom stereocenters. The summed E-state index contributed by atoms with van der Waals surface area (Å²) in [7, 11) is 0. The maximum atomic E-state index is 12.8. The Bertz CT molecular complexity index is 816. The number of carbonyl (C=O) groups is 1. The molecule has 0 bridgehead atoms. The lowest BCUT2D eigenvalue weighted by molar-refractivity contribution is 0.0668. The molecule has 0 aromatic carbocycles. The molecule has 0 saturated carbocycles. The van der Waals surface area contributed by atoms with Crippen molar-refractivity contribution in [2.24, 2.45) is 0 Å². The maximum absolute atomic E-state index is 12.8. The van der Waals surface area contributed by atoms with Gasteiger partial charge < -0.3 is 4.90 Å². The second-order valence-electron chi connectivity index (χ2n) is 5.64. The molecule has 3 aromatic heterocycles. The average Bonchev–Trinajstić information content (AvgIpc) is 3.34. The molecule has 0 spiro atoms. The first-order chi connectivity index (χ1) is 11.8. The number of aromatic nitrogens is 5. The summed E-state index contributed by atoms with van der Waals surface area (Å²) < 4.78 is 1.93. The van der Waals surface area contributed by atoms with Crippen molar-refractivity contribution in [1.29, 1.82) is 0 Å². The number of thiazole rings is 1. The fourth-order valence-electron chi connectivity index (χ4n) is 2.90. The summed E-state index contributed by atoms with van der Waals surface area (Å²) in [6.07, 6.45) is 9.06. The van der Waals surface area contributed by atoms with Crippen LogP contribution in [0, 0.1) is 0 Å². The Kier molecular flexibility index (Phi) is 4.04. The zero-order valence-electron chi connectivity index (χ0n) is 12.9. The SMILES string of the molecule is O=C(c1csc(-c2ncccn2)n1)N1CCC[C@H](n2cccn2)C1. The minimum atomic E-state index is -0.0368. The smallest absolute Gasteiger partial charge is 0.273 e. The number of hydrogen-bond donors (Lipinski definition) is 0. The van der Waals surface area contributed by atoms with Gasteiger partial charge in [0.1, 0.15) is 5.69 Å². The van der Waals surface area contributed by atoms with Crippen LogP contribution in [0.3, 0.4) is 0 Å². The van der Waals surface area contributed by atoms with Gasteiger partial charge in [0.05, 0.1) is 6.04 Å². The van der Waals surface area contributed by atoms with Gasteiger partial charge in [-0.15, -0.1) is 11.3 Å². The molecule has 7 nitrogen and oxygen atoms in total. The van der Waals surface area contributed by atoms with Crippen molar-refractivity contribution in [2.75, 3.05) is 13.1 Å². The molecule has 3 aromatic rings. The second kappa shape index (κ2) is 6.48. The van der Waals surface area contributed by atoms with Gasteiger partial charge in [-0.3, -0.25) is 9.48 Å². The van der Waals surface area contributed by atoms with Gasteiger partial charge in [0.2, 0.25) is 0 Å². The first-order valence-corrected chi connectivity index (χ1v) is 8.70. The standard InChI is InChI=1S/C16H16N6OS/c23-16(13-11-24-15(20-13)14-17-5-2-6-18-14)21-8-1-4-12(10-21)22-9-3-7-19-22/h2-3,5-7,9,11-12H,1,4,8,10H2/t12-/m0/s1. The zero-order valence-corrected chi connectivity index (χ0v) is 13.8. The first-order valence-electron chi connectivity index (χ1n) is 7.82. The van der Waals surface area contributed by atoms with E-state index in [2.05, 4.69) is 20.1 Å². The third-order valence-corrected chi connectivity index (χ3v) is 4.90. The summed E-state index contributed by atoms with van der Waals surface area (Å²) >= 11 is 1.39. The topological polar surface area (TPSA) is 76.8 Å². The van der Waals surface area contributed by atoms with Gasteiger partial charge in [-0.05, 0) is 25.0 Å². The summed E-state index contributed by atoms with van der Waals surface area (Å²) in [5, 5.41) is 6.75. The molecule has 1 aliphatic rings.